The molecule has 1 aliphatic rings. The number of anilines is 1. The molecular weight excluding hydrogens is 324 g/mol. The van der Waals surface area contributed by atoms with Crippen LogP contribution in [-0.4, -0.2) is 20.9 Å². The van der Waals surface area contributed by atoms with Gasteiger partial charge in [-0.2, -0.15) is 0 Å². The minimum absolute atomic E-state index is 0.0847. The summed E-state index contributed by atoms with van der Waals surface area (Å²) < 4.78 is 27.7. The van der Waals surface area contributed by atoms with Gasteiger partial charge < -0.3 is 4.90 Å². The summed E-state index contributed by atoms with van der Waals surface area (Å²) in [6.45, 7) is 2.50. The van der Waals surface area contributed by atoms with Crippen molar-refractivity contribution >= 4 is 21.6 Å². The molecule has 1 atom stereocenters. The van der Waals surface area contributed by atoms with Crippen LogP contribution in [0.2, 0.25) is 0 Å². The summed E-state index contributed by atoms with van der Waals surface area (Å²) in [5, 5.41) is 0. The predicted molar refractivity (Wildman–Crippen MR) is 93.2 cm³/mol. The molecule has 0 saturated carbocycles. The first kappa shape index (κ1) is 16.7. The molecular formula is C18H20N2O3S. The first-order chi connectivity index (χ1) is 11.5. The number of sulfonamides is 1. The molecule has 1 N–H and O–H groups in total. The third kappa shape index (κ3) is 3.49. The van der Waals surface area contributed by atoms with E-state index in [1.54, 1.807) is 29.2 Å². The fourth-order valence-electron chi connectivity index (χ4n) is 2.84. The lowest BCUT2D eigenvalue weighted by Crippen LogP contribution is -2.27. The highest BCUT2D eigenvalue weighted by Gasteiger charge is 2.23. The van der Waals surface area contributed by atoms with Gasteiger partial charge in [-0.1, -0.05) is 30.3 Å². The van der Waals surface area contributed by atoms with Gasteiger partial charge in [0.25, 0.3) is 0 Å². The zero-order valence-electron chi connectivity index (χ0n) is 13.5. The van der Waals surface area contributed by atoms with Crippen LogP contribution in [0.3, 0.4) is 0 Å². The van der Waals surface area contributed by atoms with Gasteiger partial charge in [-0.15, -0.1) is 0 Å². The van der Waals surface area contributed by atoms with Gasteiger partial charge in [-0.3, -0.25) is 4.79 Å². The number of hydrogen-bond donors (Lipinski definition) is 1. The third-order valence-electron chi connectivity index (χ3n) is 4.16. The van der Waals surface area contributed by atoms with Gasteiger partial charge in [-0.25, -0.2) is 13.1 Å². The molecule has 5 nitrogen and oxygen atoms in total. The van der Waals surface area contributed by atoms with Crippen molar-refractivity contribution < 1.29 is 13.2 Å². The van der Waals surface area contributed by atoms with Crippen molar-refractivity contribution in [3.63, 3.8) is 0 Å². The summed E-state index contributed by atoms with van der Waals surface area (Å²) in [4.78, 5) is 13.6. The SMILES string of the molecule is CC(NS(=O)(=O)c1ccc(N2CCCC2=O)cc1)c1ccccc1. The molecule has 2 aromatic rings. The Hall–Kier alpha value is -2.18. The molecule has 0 radical (unpaired) electrons. The van der Waals surface area contributed by atoms with Crippen molar-refractivity contribution in [2.75, 3.05) is 11.4 Å². The van der Waals surface area contributed by atoms with E-state index in [1.807, 2.05) is 37.3 Å². The van der Waals surface area contributed by atoms with Crippen molar-refractivity contribution in [2.24, 2.45) is 0 Å². The molecule has 1 unspecified atom stereocenters. The van der Waals surface area contributed by atoms with Gasteiger partial charge in [0.05, 0.1) is 4.90 Å². The van der Waals surface area contributed by atoms with Crippen molar-refractivity contribution in [1.29, 1.82) is 0 Å². The van der Waals surface area contributed by atoms with E-state index >= 15 is 0 Å². The second-order valence-corrected chi connectivity index (χ2v) is 7.61. The molecule has 126 valence electrons. The summed E-state index contributed by atoms with van der Waals surface area (Å²) >= 11 is 0. The number of hydrogen-bond acceptors (Lipinski definition) is 3. The first-order valence-electron chi connectivity index (χ1n) is 7.95. The van der Waals surface area contributed by atoms with Crippen LogP contribution in [0.4, 0.5) is 5.69 Å². The molecule has 0 aliphatic carbocycles. The van der Waals surface area contributed by atoms with Crippen molar-refractivity contribution in [1.82, 2.24) is 4.72 Å². The Kier molecular flexibility index (Phi) is 4.69. The van der Waals surface area contributed by atoms with Crippen LogP contribution in [0.25, 0.3) is 0 Å². The highest BCUT2D eigenvalue weighted by Crippen LogP contribution is 2.23. The molecule has 3 rings (SSSR count). The molecule has 0 bridgehead atoms. The van der Waals surface area contributed by atoms with Crippen molar-refractivity contribution in [2.45, 2.75) is 30.7 Å². The highest BCUT2D eigenvalue weighted by atomic mass is 32.2. The Morgan fingerprint density at radius 3 is 2.29 bits per heavy atom. The smallest absolute Gasteiger partial charge is 0.241 e. The van der Waals surface area contributed by atoms with Gasteiger partial charge in [0, 0.05) is 24.7 Å². The van der Waals surface area contributed by atoms with Gasteiger partial charge in [0.2, 0.25) is 15.9 Å². The van der Waals surface area contributed by atoms with E-state index in [1.165, 1.54) is 0 Å². The quantitative estimate of drug-likeness (QED) is 0.907. The highest BCUT2D eigenvalue weighted by molar-refractivity contribution is 7.89. The van der Waals surface area contributed by atoms with Crippen LogP contribution in [-0.2, 0) is 14.8 Å². The molecule has 1 heterocycles. The lowest BCUT2D eigenvalue weighted by atomic mass is 10.1. The van der Waals surface area contributed by atoms with E-state index in [0.717, 1.165) is 17.7 Å². The van der Waals surface area contributed by atoms with Gasteiger partial charge >= 0.3 is 0 Å². The minimum Gasteiger partial charge on any atom is -0.312 e. The summed E-state index contributed by atoms with van der Waals surface area (Å²) in [6.07, 6.45) is 1.39. The Morgan fingerprint density at radius 2 is 1.71 bits per heavy atom. The fraction of sp³-hybridized carbons (Fsp3) is 0.278. The maximum atomic E-state index is 12.5. The maximum Gasteiger partial charge on any atom is 0.241 e. The van der Waals surface area contributed by atoms with Gasteiger partial charge in [-0.05, 0) is 43.2 Å². The number of carbonyl (C=O) groups excluding carboxylic acids is 1. The Bertz CT molecular complexity index is 817. The molecule has 24 heavy (non-hydrogen) atoms. The lowest BCUT2D eigenvalue weighted by molar-refractivity contribution is -0.117. The number of benzene rings is 2. The van der Waals surface area contributed by atoms with Crippen molar-refractivity contribution in [3.8, 4) is 0 Å². The van der Waals surface area contributed by atoms with Gasteiger partial charge in [0.15, 0.2) is 0 Å². The molecule has 1 amide bonds. The van der Waals surface area contributed by atoms with E-state index in [9.17, 15) is 13.2 Å². The normalized spacial score (nSPS) is 16.4. The number of nitrogens with zero attached hydrogens (tertiary/aromatic N) is 1. The van der Waals surface area contributed by atoms with Crippen LogP contribution in [0.15, 0.2) is 59.5 Å². The second kappa shape index (κ2) is 6.75. The van der Waals surface area contributed by atoms with Crippen LogP contribution in [0.1, 0.15) is 31.4 Å². The van der Waals surface area contributed by atoms with E-state index < -0.39 is 10.0 Å². The lowest BCUT2D eigenvalue weighted by Gasteiger charge is -2.17. The summed E-state index contributed by atoms with van der Waals surface area (Å²) in [7, 11) is -3.61. The topological polar surface area (TPSA) is 66.5 Å². The maximum absolute atomic E-state index is 12.5. The average molecular weight is 344 g/mol. The fourth-order valence-corrected chi connectivity index (χ4v) is 4.07. The second-order valence-electron chi connectivity index (χ2n) is 5.90. The Labute approximate surface area is 142 Å². The standard InChI is InChI=1S/C18H20N2O3S/c1-14(15-6-3-2-4-7-15)19-24(22,23)17-11-9-16(10-12-17)20-13-5-8-18(20)21/h2-4,6-7,9-12,14,19H,5,8,13H2,1H3. The Morgan fingerprint density at radius 1 is 1.04 bits per heavy atom. The van der Waals surface area contributed by atoms with E-state index in [-0.39, 0.29) is 16.8 Å². The monoisotopic (exact) mass is 344 g/mol. The minimum atomic E-state index is -3.61. The van der Waals surface area contributed by atoms with E-state index in [4.69, 9.17) is 0 Å². The van der Waals surface area contributed by atoms with E-state index in [2.05, 4.69) is 4.72 Å². The zero-order valence-corrected chi connectivity index (χ0v) is 14.3. The van der Waals surface area contributed by atoms with Gasteiger partial charge in [0.1, 0.15) is 0 Å². The summed E-state index contributed by atoms with van der Waals surface area (Å²) in [5.74, 6) is 0.0847. The first-order valence-corrected chi connectivity index (χ1v) is 9.43. The molecule has 6 heteroatoms. The average Bonchev–Trinajstić information content (AvgIpc) is 3.01. The number of carbonyl (C=O) groups is 1. The number of amides is 1. The van der Waals surface area contributed by atoms with Crippen LogP contribution < -0.4 is 9.62 Å². The molecule has 1 fully saturated rings. The van der Waals surface area contributed by atoms with Crippen LogP contribution in [0.5, 0.6) is 0 Å². The molecule has 1 saturated heterocycles. The molecule has 0 spiro atoms. The summed E-state index contributed by atoms with van der Waals surface area (Å²) in [5.41, 5.74) is 1.65. The third-order valence-corrected chi connectivity index (χ3v) is 5.72. The largest absolute Gasteiger partial charge is 0.312 e. The summed E-state index contributed by atoms with van der Waals surface area (Å²) in [6, 6.07) is 15.5. The zero-order chi connectivity index (χ0) is 17.2. The number of nitrogens with one attached hydrogen (secondary N) is 1. The van der Waals surface area contributed by atoms with E-state index in [0.29, 0.717) is 13.0 Å². The molecule has 1 aliphatic heterocycles. The van der Waals surface area contributed by atoms with Crippen LogP contribution >= 0.6 is 0 Å². The molecule has 0 aromatic heterocycles. The Balaban J connectivity index is 1.76. The number of rotatable bonds is 5. The molecule has 2 aromatic carbocycles. The predicted octanol–water partition coefficient (Wildman–Crippen LogP) is 2.85. The van der Waals surface area contributed by atoms with Crippen LogP contribution in [0, 0.1) is 0 Å². The van der Waals surface area contributed by atoms with Crippen molar-refractivity contribution in [3.05, 3.63) is 60.2 Å².